The predicted molar refractivity (Wildman–Crippen MR) is 83.0 cm³/mol. The second kappa shape index (κ2) is 6.85. The molecule has 0 atom stereocenters. The van der Waals surface area contributed by atoms with E-state index in [2.05, 4.69) is 5.32 Å². The van der Waals surface area contributed by atoms with E-state index in [1.54, 1.807) is 36.4 Å². The second-order valence-electron chi connectivity index (χ2n) is 4.22. The molecular weight excluding hydrogens is 292 g/mol. The molecule has 0 spiro atoms. The first-order chi connectivity index (χ1) is 10.1. The third-order valence-electron chi connectivity index (χ3n) is 2.72. The highest BCUT2D eigenvalue weighted by molar-refractivity contribution is 6.33. The Labute approximate surface area is 127 Å². The molecule has 0 aliphatic heterocycles. The highest BCUT2D eigenvalue weighted by atomic mass is 35.5. The van der Waals surface area contributed by atoms with Crippen LogP contribution in [0.25, 0.3) is 0 Å². The molecule has 21 heavy (non-hydrogen) atoms. The Kier molecular flexibility index (Phi) is 4.90. The average Bonchev–Trinajstić information content (AvgIpc) is 2.49. The van der Waals surface area contributed by atoms with Gasteiger partial charge in [-0.05, 0) is 24.3 Å². The minimum absolute atomic E-state index is 0.141. The van der Waals surface area contributed by atoms with Gasteiger partial charge in [0.2, 0.25) is 0 Å². The molecule has 0 fully saturated rings. The fourth-order valence-corrected chi connectivity index (χ4v) is 1.85. The fraction of sp³-hybridized carbons (Fsp3) is 0.133. The summed E-state index contributed by atoms with van der Waals surface area (Å²) in [4.78, 5) is 11.9. The topological polar surface area (TPSA) is 73.6 Å². The summed E-state index contributed by atoms with van der Waals surface area (Å²) in [7, 11) is 1.54. The molecule has 6 heteroatoms. The van der Waals surface area contributed by atoms with E-state index in [9.17, 15) is 4.79 Å². The number of nitrogens with one attached hydrogen (secondary N) is 1. The van der Waals surface area contributed by atoms with Crippen molar-refractivity contribution in [2.45, 2.75) is 0 Å². The molecule has 0 unspecified atom stereocenters. The van der Waals surface area contributed by atoms with Crippen LogP contribution < -0.4 is 20.5 Å². The molecule has 2 rings (SSSR count). The largest absolute Gasteiger partial charge is 0.495 e. The van der Waals surface area contributed by atoms with Crippen molar-refractivity contribution in [2.75, 3.05) is 24.8 Å². The Morgan fingerprint density at radius 3 is 2.76 bits per heavy atom. The van der Waals surface area contributed by atoms with Crippen molar-refractivity contribution in [3.05, 3.63) is 47.5 Å². The van der Waals surface area contributed by atoms with E-state index >= 15 is 0 Å². The Hall–Kier alpha value is -2.40. The summed E-state index contributed by atoms with van der Waals surface area (Å²) in [6, 6.07) is 12.0. The van der Waals surface area contributed by atoms with E-state index in [4.69, 9.17) is 26.8 Å². The van der Waals surface area contributed by atoms with E-state index in [0.717, 1.165) is 0 Å². The number of ether oxygens (including phenoxy) is 2. The smallest absolute Gasteiger partial charge is 0.262 e. The van der Waals surface area contributed by atoms with E-state index in [-0.39, 0.29) is 12.5 Å². The number of hydrogen-bond donors (Lipinski definition) is 2. The van der Waals surface area contributed by atoms with E-state index in [0.29, 0.717) is 27.9 Å². The normalized spacial score (nSPS) is 10.0. The van der Waals surface area contributed by atoms with Crippen LogP contribution in [0, 0.1) is 0 Å². The summed E-state index contributed by atoms with van der Waals surface area (Å²) >= 11 is 5.88. The van der Waals surface area contributed by atoms with Crippen LogP contribution in [-0.2, 0) is 4.79 Å². The third-order valence-corrected chi connectivity index (χ3v) is 3.05. The van der Waals surface area contributed by atoms with Crippen LogP contribution in [0.5, 0.6) is 11.5 Å². The summed E-state index contributed by atoms with van der Waals surface area (Å²) in [6.45, 7) is -0.141. The lowest BCUT2D eigenvalue weighted by atomic mass is 10.3. The molecule has 0 saturated heterocycles. The Balaban J connectivity index is 1.94. The molecule has 0 heterocycles. The molecule has 0 aliphatic carbocycles. The van der Waals surface area contributed by atoms with E-state index in [1.165, 1.54) is 7.11 Å². The van der Waals surface area contributed by atoms with Crippen molar-refractivity contribution in [3.63, 3.8) is 0 Å². The minimum Gasteiger partial charge on any atom is -0.495 e. The molecule has 110 valence electrons. The van der Waals surface area contributed by atoms with Gasteiger partial charge >= 0.3 is 0 Å². The molecular formula is C15H15ClN2O3. The lowest BCUT2D eigenvalue weighted by Crippen LogP contribution is -2.20. The van der Waals surface area contributed by atoms with Crippen molar-refractivity contribution in [2.24, 2.45) is 0 Å². The van der Waals surface area contributed by atoms with Gasteiger partial charge in [0.15, 0.2) is 6.61 Å². The lowest BCUT2D eigenvalue weighted by Gasteiger charge is -2.11. The average molecular weight is 307 g/mol. The third kappa shape index (κ3) is 4.03. The number of anilines is 2. The number of carbonyl (C=O) groups excluding carboxylic acids is 1. The maximum Gasteiger partial charge on any atom is 0.262 e. The van der Waals surface area contributed by atoms with Crippen molar-refractivity contribution in [3.8, 4) is 11.5 Å². The van der Waals surface area contributed by atoms with Crippen LogP contribution in [0.15, 0.2) is 42.5 Å². The molecule has 0 saturated carbocycles. The van der Waals surface area contributed by atoms with Crippen molar-refractivity contribution < 1.29 is 14.3 Å². The van der Waals surface area contributed by atoms with Crippen molar-refractivity contribution >= 4 is 28.9 Å². The predicted octanol–water partition coefficient (Wildman–Crippen LogP) is 2.95. The standard InChI is InChI=1S/C15H15ClN2O3/c1-20-14-5-3-2-4-13(14)18-15(19)9-21-10-6-7-12(17)11(16)8-10/h2-8H,9,17H2,1H3,(H,18,19). The molecule has 3 N–H and O–H groups in total. The first-order valence-electron chi connectivity index (χ1n) is 6.21. The number of rotatable bonds is 5. The quantitative estimate of drug-likeness (QED) is 0.833. The van der Waals surface area contributed by atoms with Crippen LogP contribution in [0.1, 0.15) is 0 Å². The second-order valence-corrected chi connectivity index (χ2v) is 4.63. The minimum atomic E-state index is -0.299. The van der Waals surface area contributed by atoms with Crippen LogP contribution in [0.4, 0.5) is 11.4 Å². The van der Waals surface area contributed by atoms with E-state index in [1.807, 2.05) is 6.07 Å². The van der Waals surface area contributed by atoms with Gasteiger partial charge in [-0.25, -0.2) is 0 Å². The molecule has 0 aliphatic rings. The van der Waals surface area contributed by atoms with Gasteiger partial charge in [0.05, 0.1) is 23.5 Å². The molecule has 0 radical (unpaired) electrons. The molecule has 2 aromatic carbocycles. The van der Waals surface area contributed by atoms with Gasteiger partial charge in [-0.15, -0.1) is 0 Å². The van der Waals surface area contributed by atoms with Gasteiger partial charge in [0, 0.05) is 6.07 Å². The molecule has 0 bridgehead atoms. The summed E-state index contributed by atoms with van der Waals surface area (Å²) < 4.78 is 10.5. The number of amides is 1. The zero-order valence-electron chi connectivity index (χ0n) is 11.4. The Morgan fingerprint density at radius 1 is 1.29 bits per heavy atom. The van der Waals surface area contributed by atoms with Gasteiger partial charge in [-0.3, -0.25) is 4.79 Å². The fourth-order valence-electron chi connectivity index (χ4n) is 1.68. The number of nitrogen functional groups attached to an aromatic ring is 1. The number of benzene rings is 2. The SMILES string of the molecule is COc1ccccc1NC(=O)COc1ccc(N)c(Cl)c1. The number of methoxy groups -OCH3 is 1. The molecule has 5 nitrogen and oxygen atoms in total. The van der Waals surface area contributed by atoms with Crippen LogP contribution in [0.2, 0.25) is 5.02 Å². The summed E-state index contributed by atoms with van der Waals surface area (Å²) in [5.41, 5.74) is 6.65. The first-order valence-corrected chi connectivity index (χ1v) is 6.58. The summed E-state index contributed by atoms with van der Waals surface area (Å²) in [5, 5.41) is 3.10. The summed E-state index contributed by atoms with van der Waals surface area (Å²) in [6.07, 6.45) is 0. The zero-order valence-corrected chi connectivity index (χ0v) is 12.2. The van der Waals surface area contributed by atoms with Gasteiger partial charge in [0.25, 0.3) is 5.91 Å². The highest BCUT2D eigenvalue weighted by Crippen LogP contribution is 2.25. The monoisotopic (exact) mass is 306 g/mol. The van der Waals surface area contributed by atoms with Crippen LogP contribution in [0.3, 0.4) is 0 Å². The Morgan fingerprint density at radius 2 is 2.05 bits per heavy atom. The Bertz CT molecular complexity index is 647. The van der Waals surface area contributed by atoms with E-state index < -0.39 is 0 Å². The summed E-state index contributed by atoms with van der Waals surface area (Å²) in [5.74, 6) is 0.762. The van der Waals surface area contributed by atoms with Crippen molar-refractivity contribution in [1.82, 2.24) is 0 Å². The zero-order chi connectivity index (χ0) is 15.2. The first kappa shape index (κ1) is 15.0. The molecule has 2 aromatic rings. The molecule has 1 amide bonds. The van der Waals surface area contributed by atoms with Gasteiger partial charge in [-0.1, -0.05) is 23.7 Å². The maximum absolute atomic E-state index is 11.9. The van der Waals surface area contributed by atoms with Crippen LogP contribution >= 0.6 is 11.6 Å². The number of halogens is 1. The number of hydrogen-bond acceptors (Lipinski definition) is 4. The highest BCUT2D eigenvalue weighted by Gasteiger charge is 2.08. The maximum atomic E-state index is 11.9. The number of carbonyl (C=O) groups is 1. The number of nitrogens with two attached hydrogens (primary N) is 1. The molecule has 0 aromatic heterocycles. The van der Waals surface area contributed by atoms with Crippen LogP contribution in [-0.4, -0.2) is 19.6 Å². The lowest BCUT2D eigenvalue weighted by molar-refractivity contribution is -0.118. The van der Waals surface area contributed by atoms with Gasteiger partial charge in [0.1, 0.15) is 11.5 Å². The van der Waals surface area contributed by atoms with Gasteiger partial charge in [-0.2, -0.15) is 0 Å². The van der Waals surface area contributed by atoms with Crippen molar-refractivity contribution in [1.29, 1.82) is 0 Å². The van der Waals surface area contributed by atoms with Gasteiger partial charge < -0.3 is 20.5 Å². The number of para-hydroxylation sites is 2.